The van der Waals surface area contributed by atoms with Gasteiger partial charge in [-0.25, -0.2) is 22.4 Å². The lowest BCUT2D eigenvalue weighted by molar-refractivity contribution is -0.130. The van der Waals surface area contributed by atoms with E-state index in [4.69, 9.17) is 31.5 Å². The summed E-state index contributed by atoms with van der Waals surface area (Å²) >= 11 is 0. The fourth-order valence-electron chi connectivity index (χ4n) is 5.67. The van der Waals surface area contributed by atoms with Crippen LogP contribution in [0.5, 0.6) is 23.0 Å². The van der Waals surface area contributed by atoms with E-state index in [1.807, 2.05) is 19.8 Å². The second kappa shape index (κ2) is 20.6. The zero-order chi connectivity index (χ0) is 45.0. The first kappa shape index (κ1) is 45.7. The molecule has 0 saturated heterocycles. The number of nitrogens with zero attached hydrogens (tertiary/aromatic N) is 2. The highest BCUT2D eigenvalue weighted by Gasteiger charge is 2.16. The number of rotatable bonds is 9. The molecule has 0 bridgehead atoms. The van der Waals surface area contributed by atoms with Gasteiger partial charge in [-0.1, -0.05) is 13.8 Å². The average Bonchev–Trinajstić information content (AvgIpc) is 3.23. The fraction of sp³-hybridized carbons (Fsp3) is 0.130. The number of halogens is 4. The molecule has 0 atom stereocenters. The van der Waals surface area contributed by atoms with Crippen LogP contribution in [0.1, 0.15) is 25.0 Å². The molecule has 2 heterocycles. The van der Waals surface area contributed by atoms with Crippen molar-refractivity contribution in [2.24, 2.45) is 14.1 Å². The molecule has 6 rings (SSSR count). The van der Waals surface area contributed by atoms with E-state index in [0.29, 0.717) is 63.3 Å². The lowest BCUT2D eigenvalue weighted by Gasteiger charge is -2.15. The normalized spacial score (nSPS) is 10.1. The summed E-state index contributed by atoms with van der Waals surface area (Å²) in [5.74, 6) is -1.18. The Bertz CT molecular complexity index is 2820. The lowest BCUT2D eigenvalue weighted by Crippen LogP contribution is -2.20. The molecular formula is C46H38F4N4O7. The predicted octanol–water partition coefficient (Wildman–Crippen LogP) is 8.23. The molecule has 0 saturated carbocycles. The van der Waals surface area contributed by atoms with Crippen molar-refractivity contribution in [1.29, 1.82) is 0 Å². The molecule has 15 heteroatoms. The van der Waals surface area contributed by atoms with E-state index >= 15 is 0 Å². The molecule has 4 aromatic carbocycles. The third-order valence-corrected chi connectivity index (χ3v) is 8.62. The van der Waals surface area contributed by atoms with Gasteiger partial charge in [-0.05, 0) is 91.6 Å². The number of pyridine rings is 2. The number of anilines is 2. The highest BCUT2D eigenvalue weighted by atomic mass is 19.1. The summed E-state index contributed by atoms with van der Waals surface area (Å²) in [6.07, 6.45) is 13.8. The SMILES string of the molecule is C#CC(=O)Nc1ccc(Oc2ccc(F)cc2F)c(-c2cc(CC)c(=O)n(C)c2)c1.C#CC(=O)O.CCc1cc(-c2cc(N)ccc2Oc2ccc(F)cc2F)cn(C)c1=O. The minimum atomic E-state index is -1.22. The first-order chi connectivity index (χ1) is 29.0. The summed E-state index contributed by atoms with van der Waals surface area (Å²) in [4.78, 5) is 45.1. The second-order valence-electron chi connectivity index (χ2n) is 12.9. The first-order valence-corrected chi connectivity index (χ1v) is 18.1. The average molecular weight is 835 g/mol. The molecule has 61 heavy (non-hydrogen) atoms. The number of nitrogens with one attached hydrogen (secondary N) is 1. The summed E-state index contributed by atoms with van der Waals surface area (Å²) in [6.45, 7) is 3.75. The predicted molar refractivity (Wildman–Crippen MR) is 224 cm³/mol. The third kappa shape index (κ3) is 12.0. The Morgan fingerprint density at radius 3 is 1.51 bits per heavy atom. The van der Waals surface area contributed by atoms with Crippen LogP contribution in [-0.4, -0.2) is 26.1 Å². The number of aliphatic carboxylic acids is 1. The topological polar surface area (TPSA) is 155 Å². The van der Waals surface area contributed by atoms with E-state index in [1.54, 1.807) is 62.9 Å². The molecule has 312 valence electrons. The van der Waals surface area contributed by atoms with Gasteiger partial charge in [0.25, 0.3) is 17.0 Å². The Kier molecular flexibility index (Phi) is 15.4. The summed E-state index contributed by atoms with van der Waals surface area (Å²) in [6, 6.07) is 19.2. The number of benzene rings is 4. The zero-order valence-corrected chi connectivity index (χ0v) is 33.2. The van der Waals surface area contributed by atoms with E-state index in [0.717, 1.165) is 24.3 Å². The van der Waals surface area contributed by atoms with Crippen molar-refractivity contribution in [1.82, 2.24) is 9.13 Å². The summed E-state index contributed by atoms with van der Waals surface area (Å²) in [5.41, 5.74) is 10.2. The van der Waals surface area contributed by atoms with Crippen molar-refractivity contribution in [3.05, 3.63) is 152 Å². The van der Waals surface area contributed by atoms with Crippen LogP contribution >= 0.6 is 0 Å². The lowest BCUT2D eigenvalue weighted by atomic mass is 10.0. The number of amides is 1. The molecule has 2 aromatic heterocycles. The van der Waals surface area contributed by atoms with Crippen molar-refractivity contribution >= 4 is 23.3 Å². The van der Waals surface area contributed by atoms with Crippen molar-refractivity contribution < 1.29 is 41.7 Å². The number of nitrogens with two attached hydrogens (primary N) is 1. The summed E-state index contributed by atoms with van der Waals surface area (Å²) in [7, 11) is 3.28. The molecule has 0 aliphatic carbocycles. The molecule has 11 nitrogen and oxygen atoms in total. The van der Waals surface area contributed by atoms with Crippen LogP contribution in [0.2, 0.25) is 0 Å². The molecular weight excluding hydrogens is 797 g/mol. The zero-order valence-electron chi connectivity index (χ0n) is 33.2. The molecule has 0 spiro atoms. The maximum Gasteiger partial charge on any atom is 0.381 e. The Balaban J connectivity index is 0.000000244. The number of carboxylic acid groups (broad SMARTS) is 1. The van der Waals surface area contributed by atoms with E-state index in [1.165, 1.54) is 39.3 Å². The van der Waals surface area contributed by atoms with Crippen LogP contribution in [-0.2, 0) is 36.5 Å². The van der Waals surface area contributed by atoms with Gasteiger partial charge in [-0.2, -0.15) is 0 Å². The minimum Gasteiger partial charge on any atom is -0.472 e. The number of hydrogen-bond acceptors (Lipinski definition) is 7. The quantitative estimate of drug-likeness (QED) is 0.0748. The van der Waals surface area contributed by atoms with Crippen molar-refractivity contribution in [2.75, 3.05) is 11.1 Å². The smallest absolute Gasteiger partial charge is 0.381 e. The van der Waals surface area contributed by atoms with Gasteiger partial charge in [0.05, 0.1) is 0 Å². The molecule has 4 N–H and O–H groups in total. The van der Waals surface area contributed by atoms with Crippen LogP contribution in [0.4, 0.5) is 28.9 Å². The van der Waals surface area contributed by atoms with E-state index < -0.39 is 35.1 Å². The van der Waals surface area contributed by atoms with Gasteiger partial charge in [-0.15, -0.1) is 12.8 Å². The first-order valence-electron chi connectivity index (χ1n) is 18.1. The van der Waals surface area contributed by atoms with Crippen LogP contribution in [0.3, 0.4) is 0 Å². The number of aromatic nitrogens is 2. The van der Waals surface area contributed by atoms with Gasteiger partial charge in [0.2, 0.25) is 0 Å². The monoisotopic (exact) mass is 834 g/mol. The van der Waals surface area contributed by atoms with Gasteiger partial charge < -0.3 is 34.8 Å². The summed E-state index contributed by atoms with van der Waals surface area (Å²) < 4.78 is 68.7. The highest BCUT2D eigenvalue weighted by Crippen LogP contribution is 2.38. The van der Waals surface area contributed by atoms with Crippen molar-refractivity contribution in [3.63, 3.8) is 0 Å². The van der Waals surface area contributed by atoms with Crippen LogP contribution in [0.25, 0.3) is 22.3 Å². The summed E-state index contributed by atoms with van der Waals surface area (Å²) in [5, 5.41) is 10.0. The highest BCUT2D eigenvalue weighted by molar-refractivity contribution is 6.04. The molecule has 0 fully saturated rings. The number of carbonyl (C=O) groups excluding carboxylic acids is 1. The Labute approximate surface area is 347 Å². The molecule has 0 radical (unpaired) electrons. The molecule has 0 aliphatic rings. The van der Waals surface area contributed by atoms with Crippen LogP contribution < -0.4 is 31.6 Å². The standard InChI is InChI=1S/C23H18F2N2O3.C20H18F2N2O2.C3H2O2/c1-4-14-10-15(13-27(3)23(14)29)18-12-17(26-22(28)5-2)7-9-20(18)30-21-8-6-16(24)11-19(21)25;1-3-12-8-13(11-24(2)20(12)25)16-10-15(23)5-7-18(16)26-19-6-4-14(21)9-17(19)22;1-2-3(4)5/h2,6-13H,4H2,1,3H3,(H,26,28);4-11H,3,23H2,1-2H3;1H,(H,4,5). The molecule has 6 aromatic rings. The Morgan fingerprint density at radius 2 is 1.10 bits per heavy atom. The molecule has 0 aliphatic heterocycles. The van der Waals surface area contributed by atoms with Crippen molar-refractivity contribution in [3.8, 4) is 69.9 Å². The Hall–Kier alpha value is -8.04. The maximum absolute atomic E-state index is 14.1. The van der Waals surface area contributed by atoms with Gasteiger partial charge in [0.15, 0.2) is 23.1 Å². The number of hydrogen-bond donors (Lipinski definition) is 3. The van der Waals surface area contributed by atoms with Crippen molar-refractivity contribution in [2.45, 2.75) is 26.7 Å². The largest absolute Gasteiger partial charge is 0.472 e. The van der Waals surface area contributed by atoms with E-state index in [-0.39, 0.29) is 28.4 Å². The Morgan fingerprint density at radius 1 is 0.672 bits per heavy atom. The number of aryl methyl sites for hydroxylation is 4. The van der Waals surface area contributed by atoms with Crippen LogP contribution in [0, 0.1) is 48.0 Å². The number of nitrogen functional groups attached to an aromatic ring is 1. The number of terminal acetylenes is 2. The van der Waals surface area contributed by atoms with Gasteiger partial charge in [0.1, 0.15) is 23.1 Å². The molecule has 0 unspecified atom stereocenters. The van der Waals surface area contributed by atoms with E-state index in [2.05, 4.69) is 11.7 Å². The van der Waals surface area contributed by atoms with Gasteiger partial charge in [0, 0.05) is 89.3 Å². The van der Waals surface area contributed by atoms with Gasteiger partial charge in [-0.3, -0.25) is 14.4 Å². The number of carbonyl (C=O) groups is 2. The maximum atomic E-state index is 14.1. The fourth-order valence-corrected chi connectivity index (χ4v) is 5.67. The van der Waals surface area contributed by atoms with E-state index in [9.17, 15) is 31.9 Å². The number of carboxylic acids is 1. The molecule has 1 amide bonds. The number of ether oxygens (including phenoxy) is 2. The second-order valence-corrected chi connectivity index (χ2v) is 12.9. The third-order valence-electron chi connectivity index (χ3n) is 8.62. The van der Waals surface area contributed by atoms with Gasteiger partial charge >= 0.3 is 5.97 Å². The van der Waals surface area contributed by atoms with Crippen LogP contribution in [0.15, 0.2) is 107 Å². The minimum absolute atomic E-state index is 0.0767.